The van der Waals surface area contributed by atoms with Crippen molar-refractivity contribution in [1.82, 2.24) is 9.97 Å². The molecule has 0 radical (unpaired) electrons. The van der Waals surface area contributed by atoms with Crippen LogP contribution in [0, 0.1) is 21.8 Å². The van der Waals surface area contributed by atoms with Crippen LogP contribution in [-0.4, -0.2) is 38.1 Å². The van der Waals surface area contributed by atoms with Gasteiger partial charge in [-0.05, 0) is 31.9 Å². The van der Waals surface area contributed by atoms with E-state index in [1.165, 1.54) is 24.5 Å². The Morgan fingerprint density at radius 2 is 2.21 bits per heavy atom. The van der Waals surface area contributed by atoms with Gasteiger partial charge in [0.1, 0.15) is 12.1 Å². The summed E-state index contributed by atoms with van der Waals surface area (Å²) >= 11 is 2.13. The summed E-state index contributed by atoms with van der Waals surface area (Å²) in [6, 6.07) is 5.85. The van der Waals surface area contributed by atoms with Gasteiger partial charge in [-0.25, -0.2) is 14.4 Å². The molecule has 1 aromatic heterocycles. The maximum Gasteiger partial charge on any atom is 0.353 e. The molecule has 1 aliphatic heterocycles. The molecular formula is C18H19FIN5O4. The number of aromatic nitrogens is 2. The summed E-state index contributed by atoms with van der Waals surface area (Å²) in [6.07, 6.45) is 2.18. The Balaban J connectivity index is 1.89. The number of nitro groups is 1. The zero-order valence-electron chi connectivity index (χ0n) is 15.5. The fourth-order valence-corrected chi connectivity index (χ4v) is 4.31. The van der Waals surface area contributed by atoms with E-state index in [4.69, 9.17) is 4.74 Å². The standard InChI is InChI=1S/C18H19FIN5O4/c1-2-29-18(26)11-7-8-24(14(20)9-11)17-15(25(27)28)16(21-10-22-17)23-13-6-4-3-5-12(13)19/h3-6,10-11,14H,2,7-9H2,1H3,(H,21,22,23). The predicted molar refractivity (Wildman–Crippen MR) is 113 cm³/mol. The first-order valence-corrected chi connectivity index (χ1v) is 10.2. The Kier molecular flexibility index (Phi) is 6.77. The minimum atomic E-state index is -0.584. The molecule has 2 aromatic rings. The highest BCUT2D eigenvalue weighted by molar-refractivity contribution is 14.1. The summed E-state index contributed by atoms with van der Waals surface area (Å²) in [5.41, 5.74) is -0.265. The van der Waals surface area contributed by atoms with Crippen LogP contribution in [0.5, 0.6) is 0 Å². The van der Waals surface area contributed by atoms with Gasteiger partial charge in [-0.1, -0.05) is 34.7 Å². The number of nitrogens with zero attached hydrogens (tertiary/aromatic N) is 4. The lowest BCUT2D eigenvalue weighted by atomic mass is 9.97. The van der Waals surface area contributed by atoms with E-state index >= 15 is 0 Å². The third kappa shape index (κ3) is 4.71. The Hall–Kier alpha value is -2.57. The zero-order chi connectivity index (χ0) is 21.0. The summed E-state index contributed by atoms with van der Waals surface area (Å²) < 4.78 is 18.9. The molecule has 0 aliphatic carbocycles. The summed E-state index contributed by atoms with van der Waals surface area (Å²) in [5.74, 6) is -1.03. The lowest BCUT2D eigenvalue weighted by molar-refractivity contribution is -0.383. The van der Waals surface area contributed by atoms with Crippen molar-refractivity contribution in [2.24, 2.45) is 5.92 Å². The number of esters is 1. The lowest BCUT2D eigenvalue weighted by Gasteiger charge is -2.36. The molecule has 1 aliphatic rings. The van der Waals surface area contributed by atoms with Crippen molar-refractivity contribution < 1.29 is 18.8 Å². The number of hydrogen-bond donors (Lipinski definition) is 1. The third-order valence-electron chi connectivity index (χ3n) is 4.54. The summed E-state index contributed by atoms with van der Waals surface area (Å²) in [5, 5.41) is 14.5. The minimum absolute atomic E-state index is 0.0762. The topological polar surface area (TPSA) is 110 Å². The molecule has 2 atom stereocenters. The fraction of sp³-hybridized carbons (Fsp3) is 0.389. The van der Waals surface area contributed by atoms with Crippen molar-refractivity contribution in [2.75, 3.05) is 23.4 Å². The number of nitrogens with one attached hydrogen (secondary N) is 1. The third-order valence-corrected chi connectivity index (χ3v) is 5.72. The number of ether oxygens (including phenoxy) is 1. The molecule has 154 valence electrons. The van der Waals surface area contributed by atoms with Crippen molar-refractivity contribution in [3.63, 3.8) is 0 Å². The first kappa shape index (κ1) is 21.1. The van der Waals surface area contributed by atoms with Gasteiger partial charge in [-0.15, -0.1) is 0 Å². The van der Waals surface area contributed by atoms with Crippen molar-refractivity contribution in [3.05, 3.63) is 46.5 Å². The fourth-order valence-electron chi connectivity index (χ4n) is 3.16. The van der Waals surface area contributed by atoms with Gasteiger partial charge in [-0.2, -0.15) is 0 Å². The highest BCUT2D eigenvalue weighted by Crippen LogP contribution is 2.39. The first-order chi connectivity index (χ1) is 13.9. The monoisotopic (exact) mass is 515 g/mol. The summed E-state index contributed by atoms with van der Waals surface area (Å²) in [4.78, 5) is 33.1. The van der Waals surface area contributed by atoms with Gasteiger partial charge >= 0.3 is 11.7 Å². The number of halogens is 2. The molecule has 1 saturated heterocycles. The van der Waals surface area contributed by atoms with Gasteiger partial charge in [0.05, 0.1) is 27.2 Å². The highest BCUT2D eigenvalue weighted by Gasteiger charge is 2.36. The zero-order valence-corrected chi connectivity index (χ0v) is 17.7. The van der Waals surface area contributed by atoms with Crippen molar-refractivity contribution in [1.29, 1.82) is 0 Å². The van der Waals surface area contributed by atoms with Gasteiger partial charge in [0.2, 0.25) is 11.6 Å². The maximum atomic E-state index is 14.0. The van der Waals surface area contributed by atoms with E-state index in [0.717, 1.165) is 0 Å². The van der Waals surface area contributed by atoms with Crippen LogP contribution >= 0.6 is 22.6 Å². The van der Waals surface area contributed by atoms with E-state index in [2.05, 4.69) is 37.9 Å². The number of piperidine rings is 1. The molecule has 3 rings (SSSR count). The van der Waals surface area contributed by atoms with Crippen LogP contribution in [0.2, 0.25) is 0 Å². The van der Waals surface area contributed by atoms with E-state index in [9.17, 15) is 19.3 Å². The quantitative estimate of drug-likeness (QED) is 0.155. The van der Waals surface area contributed by atoms with Gasteiger partial charge in [-0.3, -0.25) is 14.9 Å². The van der Waals surface area contributed by atoms with Crippen LogP contribution in [0.4, 0.5) is 27.4 Å². The second-order valence-electron chi connectivity index (χ2n) is 6.36. The van der Waals surface area contributed by atoms with Gasteiger partial charge in [0, 0.05) is 6.54 Å². The van der Waals surface area contributed by atoms with Crippen molar-refractivity contribution >= 4 is 51.6 Å². The molecule has 0 spiro atoms. The predicted octanol–water partition coefficient (Wildman–Crippen LogP) is 3.81. The molecule has 0 amide bonds. The van der Waals surface area contributed by atoms with Crippen molar-refractivity contribution in [2.45, 2.75) is 23.8 Å². The van der Waals surface area contributed by atoms with Gasteiger partial charge in [0.15, 0.2) is 0 Å². The Morgan fingerprint density at radius 3 is 2.86 bits per heavy atom. The van der Waals surface area contributed by atoms with E-state index in [0.29, 0.717) is 26.0 Å². The van der Waals surface area contributed by atoms with Crippen molar-refractivity contribution in [3.8, 4) is 0 Å². The van der Waals surface area contributed by atoms with Crippen LogP contribution in [-0.2, 0) is 9.53 Å². The lowest BCUT2D eigenvalue weighted by Crippen LogP contribution is -2.42. The molecule has 0 saturated carbocycles. The van der Waals surface area contributed by atoms with Crippen LogP contribution in [0.3, 0.4) is 0 Å². The average molecular weight is 515 g/mol. The molecule has 2 heterocycles. The van der Waals surface area contributed by atoms with Crippen LogP contribution in [0.15, 0.2) is 30.6 Å². The first-order valence-electron chi connectivity index (χ1n) is 9.00. The summed E-state index contributed by atoms with van der Waals surface area (Å²) in [7, 11) is 0. The molecule has 1 aromatic carbocycles. The normalized spacial score (nSPS) is 18.9. The SMILES string of the molecule is CCOC(=O)C1CCN(c2ncnc(Nc3ccccc3F)c2[N+](=O)[O-])C(I)C1. The number of hydrogen-bond acceptors (Lipinski definition) is 8. The molecule has 9 nitrogen and oxygen atoms in total. The number of rotatable bonds is 6. The number of para-hydroxylation sites is 1. The molecule has 11 heteroatoms. The Bertz CT molecular complexity index is 916. The van der Waals surface area contributed by atoms with Crippen LogP contribution in [0.25, 0.3) is 0 Å². The largest absolute Gasteiger partial charge is 0.466 e. The number of alkyl halides is 1. The molecular weight excluding hydrogens is 496 g/mol. The maximum absolute atomic E-state index is 14.0. The minimum Gasteiger partial charge on any atom is -0.466 e. The number of anilines is 3. The van der Waals surface area contributed by atoms with E-state index < -0.39 is 10.7 Å². The van der Waals surface area contributed by atoms with Gasteiger partial charge < -0.3 is 15.0 Å². The highest BCUT2D eigenvalue weighted by atomic mass is 127. The molecule has 0 bridgehead atoms. The molecule has 1 fully saturated rings. The second kappa shape index (κ2) is 9.29. The van der Waals surface area contributed by atoms with Gasteiger partial charge in [0.25, 0.3) is 0 Å². The van der Waals surface area contributed by atoms with Crippen LogP contribution < -0.4 is 10.2 Å². The molecule has 1 N–H and O–H groups in total. The second-order valence-corrected chi connectivity index (χ2v) is 7.80. The summed E-state index contributed by atoms with van der Waals surface area (Å²) in [6.45, 7) is 2.46. The smallest absolute Gasteiger partial charge is 0.353 e. The van der Waals surface area contributed by atoms with Crippen LogP contribution in [0.1, 0.15) is 19.8 Å². The Morgan fingerprint density at radius 1 is 1.45 bits per heavy atom. The van der Waals surface area contributed by atoms with E-state index in [1.54, 1.807) is 17.9 Å². The van der Waals surface area contributed by atoms with E-state index in [1.807, 2.05) is 0 Å². The molecule has 29 heavy (non-hydrogen) atoms. The Labute approximate surface area is 180 Å². The number of carbonyl (C=O) groups is 1. The number of benzene rings is 1. The van der Waals surface area contributed by atoms with E-state index in [-0.39, 0.29) is 38.9 Å². The molecule has 2 unspecified atom stereocenters. The average Bonchev–Trinajstić information content (AvgIpc) is 2.69. The number of carbonyl (C=O) groups excluding carboxylic acids is 1.